The van der Waals surface area contributed by atoms with Gasteiger partial charge in [-0.25, -0.2) is 4.98 Å². The van der Waals surface area contributed by atoms with E-state index in [9.17, 15) is 14.7 Å². The number of aliphatic hydroxyl groups excluding tert-OH is 1. The first-order chi connectivity index (χ1) is 21.2. The number of carbonyl (C=O) groups excluding carboxylic acids is 2. The summed E-state index contributed by atoms with van der Waals surface area (Å²) in [6.45, 7) is 9.81. The molecular weight excluding hydrogens is 580 g/mol. The van der Waals surface area contributed by atoms with Crippen molar-refractivity contribution in [3.05, 3.63) is 76.9 Å². The number of thiazole rings is 1. The molecule has 0 radical (unpaired) electrons. The number of nitrogens with zero attached hydrogens (tertiary/aromatic N) is 2. The lowest BCUT2D eigenvalue weighted by atomic mass is 9.95. The lowest BCUT2D eigenvalue weighted by molar-refractivity contribution is -0.132. The van der Waals surface area contributed by atoms with Crippen molar-refractivity contribution in [3.8, 4) is 23.0 Å². The number of ether oxygens (including phenoxy) is 4. The Bertz CT molecular complexity index is 1780. The van der Waals surface area contributed by atoms with E-state index in [4.69, 9.17) is 23.9 Å². The first kappa shape index (κ1) is 29.5. The van der Waals surface area contributed by atoms with E-state index in [-0.39, 0.29) is 11.3 Å². The van der Waals surface area contributed by atoms with Crippen molar-refractivity contribution >= 4 is 44.1 Å². The molecule has 1 atom stereocenters. The maximum Gasteiger partial charge on any atom is 0.301 e. The molecule has 0 saturated carbocycles. The van der Waals surface area contributed by atoms with Crippen LogP contribution in [0.5, 0.6) is 23.0 Å². The Morgan fingerprint density at radius 2 is 1.82 bits per heavy atom. The Morgan fingerprint density at radius 1 is 1.02 bits per heavy atom. The van der Waals surface area contributed by atoms with Gasteiger partial charge in [-0.2, -0.15) is 0 Å². The van der Waals surface area contributed by atoms with E-state index >= 15 is 0 Å². The molecule has 2 aliphatic heterocycles. The summed E-state index contributed by atoms with van der Waals surface area (Å²) in [6.07, 6.45) is 0.875. The van der Waals surface area contributed by atoms with Crippen molar-refractivity contribution in [2.75, 3.05) is 31.3 Å². The molecule has 228 valence electrons. The maximum absolute atomic E-state index is 13.8. The molecule has 0 spiro atoms. The van der Waals surface area contributed by atoms with Crippen LogP contribution in [0.1, 0.15) is 49.9 Å². The molecule has 4 aromatic rings. The van der Waals surface area contributed by atoms with Crippen LogP contribution in [0.25, 0.3) is 16.0 Å². The normalized spacial score (nSPS) is 17.5. The van der Waals surface area contributed by atoms with Crippen LogP contribution in [0.4, 0.5) is 5.13 Å². The van der Waals surface area contributed by atoms with E-state index in [1.807, 2.05) is 32.0 Å². The number of carbonyl (C=O) groups is 2. The van der Waals surface area contributed by atoms with Crippen molar-refractivity contribution in [1.29, 1.82) is 0 Å². The van der Waals surface area contributed by atoms with E-state index in [0.29, 0.717) is 77.1 Å². The minimum absolute atomic E-state index is 0.0574. The molecule has 1 fully saturated rings. The number of aromatic nitrogens is 1. The van der Waals surface area contributed by atoms with Gasteiger partial charge in [0.2, 0.25) is 0 Å². The third-order valence-corrected chi connectivity index (χ3v) is 8.55. The summed E-state index contributed by atoms with van der Waals surface area (Å²) in [6, 6.07) is 15.2. The number of rotatable bonds is 9. The van der Waals surface area contributed by atoms with Gasteiger partial charge in [0.15, 0.2) is 28.1 Å². The van der Waals surface area contributed by atoms with Gasteiger partial charge in [-0.05, 0) is 79.8 Å². The first-order valence-electron chi connectivity index (χ1n) is 14.7. The topological polar surface area (TPSA) is 107 Å². The fraction of sp³-hybridized carbons (Fsp3) is 0.324. The van der Waals surface area contributed by atoms with E-state index in [2.05, 4.69) is 13.8 Å². The highest BCUT2D eigenvalue weighted by Gasteiger charge is 2.48. The number of benzene rings is 3. The van der Waals surface area contributed by atoms with E-state index in [1.54, 1.807) is 36.4 Å². The Hall–Kier alpha value is -4.57. The summed E-state index contributed by atoms with van der Waals surface area (Å²) in [5.41, 5.74) is 2.61. The Morgan fingerprint density at radius 3 is 2.59 bits per heavy atom. The van der Waals surface area contributed by atoms with Gasteiger partial charge < -0.3 is 24.1 Å². The van der Waals surface area contributed by atoms with E-state index < -0.39 is 17.7 Å². The third-order valence-electron chi connectivity index (χ3n) is 7.53. The smallest absolute Gasteiger partial charge is 0.301 e. The van der Waals surface area contributed by atoms with Crippen molar-refractivity contribution in [2.24, 2.45) is 5.92 Å². The van der Waals surface area contributed by atoms with Crippen molar-refractivity contribution in [1.82, 2.24) is 4.98 Å². The highest BCUT2D eigenvalue weighted by atomic mass is 32.1. The molecule has 3 heterocycles. The highest BCUT2D eigenvalue weighted by Crippen LogP contribution is 2.46. The summed E-state index contributed by atoms with van der Waals surface area (Å²) >= 11 is 1.32. The van der Waals surface area contributed by atoms with Crippen molar-refractivity contribution in [3.63, 3.8) is 0 Å². The molecule has 1 aromatic heterocycles. The van der Waals surface area contributed by atoms with Gasteiger partial charge in [0.1, 0.15) is 19.0 Å². The number of aliphatic hydroxyl groups is 1. The minimum Gasteiger partial charge on any atom is -0.507 e. The number of Topliss-reactive ketones (excluding diaryl/α,β-unsaturated/α-hetero) is 1. The van der Waals surface area contributed by atoms with Crippen molar-refractivity contribution < 1.29 is 33.6 Å². The van der Waals surface area contributed by atoms with Gasteiger partial charge in [-0.1, -0.05) is 37.3 Å². The molecule has 10 heteroatoms. The average Bonchev–Trinajstić information content (AvgIpc) is 3.54. The molecule has 44 heavy (non-hydrogen) atoms. The Labute approximate surface area is 259 Å². The number of fused-ring (bicyclic) bond motifs is 2. The van der Waals surface area contributed by atoms with Crippen LogP contribution in [0, 0.1) is 12.8 Å². The van der Waals surface area contributed by atoms with Crippen LogP contribution in [0.2, 0.25) is 0 Å². The lowest BCUT2D eigenvalue weighted by Gasteiger charge is -2.24. The molecule has 0 aliphatic carbocycles. The number of hydrogen-bond donors (Lipinski definition) is 1. The van der Waals surface area contributed by atoms with Gasteiger partial charge in [-0.3, -0.25) is 14.5 Å². The first-order valence-corrected chi connectivity index (χ1v) is 15.5. The number of hydrogen-bond acceptors (Lipinski definition) is 9. The van der Waals surface area contributed by atoms with E-state index in [1.165, 1.54) is 16.2 Å². The van der Waals surface area contributed by atoms with Gasteiger partial charge in [0, 0.05) is 5.56 Å². The molecule has 3 aromatic carbocycles. The quantitative estimate of drug-likeness (QED) is 0.124. The zero-order valence-corrected chi connectivity index (χ0v) is 25.9. The molecule has 1 amide bonds. The van der Waals surface area contributed by atoms with Crippen LogP contribution in [0.15, 0.2) is 60.2 Å². The SMILES string of the molecule is CCOc1cc(C2C(=C(O)c3ccc4c(c3)OCCO4)C(=O)C(=O)N2c2nc3ccc(C)cc3s2)ccc1OCCC(C)C. The van der Waals surface area contributed by atoms with Crippen molar-refractivity contribution in [2.45, 2.75) is 40.2 Å². The fourth-order valence-corrected chi connectivity index (χ4v) is 6.39. The average molecular weight is 615 g/mol. The second-order valence-corrected chi connectivity index (χ2v) is 12.2. The molecule has 1 unspecified atom stereocenters. The number of anilines is 1. The third kappa shape index (κ3) is 5.57. The summed E-state index contributed by atoms with van der Waals surface area (Å²) in [7, 11) is 0. The number of amides is 1. The lowest BCUT2D eigenvalue weighted by Crippen LogP contribution is -2.29. The van der Waals surface area contributed by atoms with Crippen LogP contribution in [-0.4, -0.2) is 48.2 Å². The predicted octanol–water partition coefficient (Wildman–Crippen LogP) is 6.83. The van der Waals surface area contributed by atoms with Crippen LogP contribution in [-0.2, 0) is 9.59 Å². The van der Waals surface area contributed by atoms with E-state index in [0.717, 1.165) is 16.7 Å². The molecule has 0 bridgehead atoms. The van der Waals surface area contributed by atoms with Crippen LogP contribution in [0.3, 0.4) is 0 Å². The molecule has 1 saturated heterocycles. The van der Waals surface area contributed by atoms with Gasteiger partial charge >= 0.3 is 5.91 Å². The summed E-state index contributed by atoms with van der Waals surface area (Å²) in [5, 5.41) is 12.0. The molecule has 6 rings (SSSR count). The fourth-order valence-electron chi connectivity index (χ4n) is 5.30. The maximum atomic E-state index is 13.8. The predicted molar refractivity (Wildman–Crippen MR) is 169 cm³/mol. The molecular formula is C34H34N2O7S. The van der Waals surface area contributed by atoms with Gasteiger partial charge in [0.25, 0.3) is 5.78 Å². The zero-order valence-electron chi connectivity index (χ0n) is 25.1. The monoisotopic (exact) mass is 614 g/mol. The largest absolute Gasteiger partial charge is 0.507 e. The second kappa shape index (κ2) is 12.2. The number of aryl methyl sites for hydroxylation is 1. The standard InChI is InChI=1S/C34H34N2O7S/c1-5-40-26-17-21(7-10-24(26)41-13-12-19(2)3)30-29(31(37)22-8-11-25-27(18-22)43-15-14-42-25)32(38)33(39)36(30)34-35-23-9-6-20(4)16-28(23)44-34/h6-11,16-19,30,37H,5,12-15H2,1-4H3. The van der Waals surface area contributed by atoms with Crippen LogP contribution < -0.4 is 23.8 Å². The summed E-state index contributed by atoms with van der Waals surface area (Å²) in [5.74, 6) is 0.614. The minimum atomic E-state index is -0.978. The number of ketones is 1. The Kier molecular flexibility index (Phi) is 8.18. The van der Waals surface area contributed by atoms with Gasteiger partial charge in [-0.15, -0.1) is 0 Å². The second-order valence-electron chi connectivity index (χ2n) is 11.2. The highest BCUT2D eigenvalue weighted by molar-refractivity contribution is 7.22. The van der Waals surface area contributed by atoms with Gasteiger partial charge in [0.05, 0.1) is 35.0 Å². The molecule has 2 aliphatic rings. The molecule has 1 N–H and O–H groups in total. The van der Waals surface area contributed by atoms with Crippen LogP contribution >= 0.6 is 11.3 Å². The zero-order chi connectivity index (χ0) is 31.0. The Balaban J connectivity index is 1.50. The summed E-state index contributed by atoms with van der Waals surface area (Å²) in [4.78, 5) is 33.7. The summed E-state index contributed by atoms with van der Waals surface area (Å²) < 4.78 is 24.2. The molecule has 9 nitrogen and oxygen atoms in total.